The monoisotopic (exact) mass is 284 g/mol. The number of hydrogen-bond acceptors (Lipinski definition) is 4. The van der Waals surface area contributed by atoms with Gasteiger partial charge in [0.25, 0.3) is 0 Å². The van der Waals surface area contributed by atoms with Crippen molar-refractivity contribution in [1.82, 2.24) is 15.0 Å². The van der Waals surface area contributed by atoms with E-state index in [9.17, 15) is 0 Å². The molecule has 0 saturated heterocycles. The van der Waals surface area contributed by atoms with Gasteiger partial charge in [0.15, 0.2) is 4.67 Å². The van der Waals surface area contributed by atoms with Crippen LogP contribution in [0.1, 0.15) is 24.4 Å². The fraction of sp³-hybridized carbons (Fsp3) is 0.300. The van der Waals surface area contributed by atoms with Gasteiger partial charge in [0.05, 0.1) is 6.26 Å². The molecule has 0 radical (unpaired) electrons. The van der Waals surface area contributed by atoms with Crippen LogP contribution in [-0.4, -0.2) is 9.55 Å². The highest BCUT2D eigenvalue weighted by Gasteiger charge is 2.21. The predicted octanol–water partition coefficient (Wildman–Crippen LogP) is 1.81. The first kappa shape index (κ1) is 11.4. The van der Waals surface area contributed by atoms with E-state index in [-0.39, 0.29) is 6.04 Å². The Morgan fingerprint density at radius 2 is 2.50 bits per heavy atom. The molecule has 0 aliphatic rings. The molecule has 3 N–H and O–H groups in total. The van der Waals surface area contributed by atoms with Gasteiger partial charge in [-0.2, -0.15) is 0 Å². The number of hydrogen-bond donors (Lipinski definition) is 2. The molecule has 0 aromatic carbocycles. The number of nitrogens with one attached hydrogen (secondary N) is 1. The molecule has 2 rings (SSSR count). The summed E-state index contributed by atoms with van der Waals surface area (Å²) < 4.78 is 7.90. The molecule has 16 heavy (non-hydrogen) atoms. The van der Waals surface area contributed by atoms with Crippen molar-refractivity contribution in [3.05, 3.63) is 40.8 Å². The minimum absolute atomic E-state index is 0.178. The topological polar surface area (TPSA) is 69.0 Å². The first-order valence-corrected chi connectivity index (χ1v) is 5.77. The van der Waals surface area contributed by atoms with E-state index in [2.05, 4.69) is 33.3 Å². The van der Waals surface area contributed by atoms with Gasteiger partial charge in [0, 0.05) is 24.5 Å². The normalized spacial score (nSPS) is 12.9. The van der Waals surface area contributed by atoms with Gasteiger partial charge in [-0.15, -0.1) is 0 Å². The Morgan fingerprint density at radius 3 is 3.06 bits per heavy atom. The Hall–Kier alpha value is -1.11. The second-order valence-electron chi connectivity index (χ2n) is 3.32. The first-order chi connectivity index (χ1) is 7.77. The Labute approximate surface area is 102 Å². The van der Waals surface area contributed by atoms with Crippen molar-refractivity contribution in [2.45, 2.75) is 19.5 Å². The van der Waals surface area contributed by atoms with Crippen molar-refractivity contribution in [2.75, 3.05) is 0 Å². The molecule has 0 amide bonds. The quantitative estimate of drug-likeness (QED) is 0.664. The number of furan rings is 1. The van der Waals surface area contributed by atoms with Crippen LogP contribution in [0.5, 0.6) is 0 Å². The lowest BCUT2D eigenvalue weighted by molar-refractivity contribution is 0.514. The number of nitrogens with zero attached hydrogens (tertiary/aromatic N) is 2. The van der Waals surface area contributed by atoms with Crippen LogP contribution >= 0.6 is 15.9 Å². The molecule has 0 fully saturated rings. The van der Waals surface area contributed by atoms with E-state index in [0.29, 0.717) is 4.67 Å². The maximum Gasteiger partial charge on any atom is 0.174 e. The zero-order valence-corrected chi connectivity index (χ0v) is 10.4. The first-order valence-electron chi connectivity index (χ1n) is 4.98. The second kappa shape index (κ2) is 4.82. The van der Waals surface area contributed by atoms with E-state index in [0.717, 1.165) is 17.9 Å². The van der Waals surface area contributed by atoms with Crippen LogP contribution in [0.4, 0.5) is 0 Å². The van der Waals surface area contributed by atoms with E-state index in [1.807, 2.05) is 16.8 Å². The van der Waals surface area contributed by atoms with Crippen LogP contribution in [0, 0.1) is 0 Å². The molecular formula is C10H13BrN4O. The Morgan fingerprint density at radius 1 is 1.69 bits per heavy atom. The molecule has 0 saturated carbocycles. The number of rotatable bonds is 4. The summed E-state index contributed by atoms with van der Waals surface area (Å²) in [5.41, 5.74) is 3.68. The fourth-order valence-electron chi connectivity index (χ4n) is 1.66. The van der Waals surface area contributed by atoms with Gasteiger partial charge in [-0.1, -0.05) is 0 Å². The summed E-state index contributed by atoms with van der Waals surface area (Å²) in [6.07, 6.45) is 5.30. The predicted molar refractivity (Wildman–Crippen MR) is 63.5 cm³/mol. The molecule has 0 bridgehead atoms. The zero-order chi connectivity index (χ0) is 11.5. The molecule has 2 aromatic rings. The largest absolute Gasteiger partial charge is 0.457 e. The summed E-state index contributed by atoms with van der Waals surface area (Å²) in [6, 6.07) is 1.69. The summed E-state index contributed by atoms with van der Waals surface area (Å²) in [4.78, 5) is 4.31. The molecule has 1 atom stereocenters. The summed E-state index contributed by atoms with van der Waals surface area (Å²) in [5, 5.41) is 0. The van der Waals surface area contributed by atoms with Crippen molar-refractivity contribution in [1.29, 1.82) is 0 Å². The Balaban J connectivity index is 2.40. The van der Waals surface area contributed by atoms with Crippen LogP contribution < -0.4 is 11.3 Å². The zero-order valence-electron chi connectivity index (χ0n) is 8.85. The molecule has 0 aliphatic heterocycles. The molecule has 0 spiro atoms. The number of halogens is 1. The molecule has 86 valence electrons. The summed E-state index contributed by atoms with van der Waals surface area (Å²) in [5.74, 6) is 6.45. The summed E-state index contributed by atoms with van der Waals surface area (Å²) in [7, 11) is 0. The lowest BCUT2D eigenvalue weighted by Crippen LogP contribution is -2.31. The van der Waals surface area contributed by atoms with Crippen LogP contribution in [0.15, 0.2) is 33.8 Å². The minimum Gasteiger partial charge on any atom is -0.457 e. The van der Waals surface area contributed by atoms with Gasteiger partial charge in [-0.25, -0.2) is 10.4 Å². The third-order valence-electron chi connectivity index (χ3n) is 2.47. The van der Waals surface area contributed by atoms with E-state index < -0.39 is 0 Å². The maximum absolute atomic E-state index is 5.58. The molecule has 2 heterocycles. The van der Waals surface area contributed by atoms with Gasteiger partial charge in [0.1, 0.15) is 11.9 Å². The molecule has 1 unspecified atom stereocenters. The lowest BCUT2D eigenvalue weighted by atomic mass is 10.1. The highest BCUT2D eigenvalue weighted by molar-refractivity contribution is 9.10. The second-order valence-corrected chi connectivity index (χ2v) is 4.04. The molecule has 0 aliphatic carbocycles. The highest BCUT2D eigenvalue weighted by Crippen LogP contribution is 2.28. The fourth-order valence-corrected chi connectivity index (χ4v) is 2.13. The Bertz CT molecular complexity index is 465. The van der Waals surface area contributed by atoms with Gasteiger partial charge in [0.2, 0.25) is 0 Å². The van der Waals surface area contributed by atoms with Gasteiger partial charge in [-0.05, 0) is 28.9 Å². The third-order valence-corrected chi connectivity index (χ3v) is 3.12. The maximum atomic E-state index is 5.58. The molecule has 5 nitrogen and oxygen atoms in total. The van der Waals surface area contributed by atoms with Gasteiger partial charge in [-0.3, -0.25) is 5.84 Å². The average Bonchev–Trinajstić information content (AvgIpc) is 2.90. The molecule has 2 aromatic heterocycles. The van der Waals surface area contributed by atoms with Gasteiger partial charge < -0.3 is 8.98 Å². The van der Waals surface area contributed by atoms with Crippen molar-refractivity contribution >= 4 is 15.9 Å². The minimum atomic E-state index is -0.178. The summed E-state index contributed by atoms with van der Waals surface area (Å²) in [6.45, 7) is 2.91. The standard InChI is InChI=1S/C10H13BrN4O/c1-2-15-5-4-13-10(15)8(14-12)7-3-6-16-9(7)11/h3-6,8,14H,2,12H2,1H3. The lowest BCUT2D eigenvalue weighted by Gasteiger charge is -2.15. The number of imidazole rings is 1. The van der Waals surface area contributed by atoms with Crippen LogP contribution in [0.3, 0.4) is 0 Å². The SMILES string of the molecule is CCn1ccnc1C(NN)c1ccoc1Br. The highest BCUT2D eigenvalue weighted by atomic mass is 79.9. The van der Waals surface area contributed by atoms with Crippen molar-refractivity contribution in [3.63, 3.8) is 0 Å². The molecular weight excluding hydrogens is 272 g/mol. The number of aryl methyl sites for hydroxylation is 1. The smallest absolute Gasteiger partial charge is 0.174 e. The van der Waals surface area contributed by atoms with Crippen molar-refractivity contribution < 1.29 is 4.42 Å². The van der Waals surface area contributed by atoms with Crippen molar-refractivity contribution in [2.24, 2.45) is 5.84 Å². The van der Waals surface area contributed by atoms with E-state index in [1.165, 1.54) is 0 Å². The average molecular weight is 285 g/mol. The van der Waals surface area contributed by atoms with Crippen LogP contribution in [0.2, 0.25) is 0 Å². The van der Waals surface area contributed by atoms with Gasteiger partial charge >= 0.3 is 0 Å². The van der Waals surface area contributed by atoms with Crippen molar-refractivity contribution in [3.8, 4) is 0 Å². The third kappa shape index (κ3) is 1.91. The number of nitrogens with two attached hydrogens (primary N) is 1. The van der Waals surface area contributed by atoms with Crippen LogP contribution in [0.25, 0.3) is 0 Å². The number of aromatic nitrogens is 2. The summed E-state index contributed by atoms with van der Waals surface area (Å²) >= 11 is 3.34. The van der Waals surface area contributed by atoms with Crippen LogP contribution in [-0.2, 0) is 6.54 Å². The number of hydrazine groups is 1. The Kier molecular flexibility index (Phi) is 3.42. The van der Waals surface area contributed by atoms with E-state index in [1.54, 1.807) is 12.5 Å². The van der Waals surface area contributed by atoms with E-state index >= 15 is 0 Å². The van der Waals surface area contributed by atoms with E-state index in [4.69, 9.17) is 10.3 Å². The molecule has 6 heteroatoms.